The van der Waals surface area contributed by atoms with Crippen LogP contribution in [0.5, 0.6) is 0 Å². The molecule has 0 atom stereocenters. The molecular weight excluding hydrogens is 376 g/mol. The van der Waals surface area contributed by atoms with E-state index in [4.69, 9.17) is 0 Å². The average Bonchev–Trinajstić information content (AvgIpc) is 3.10. The Kier molecular flexibility index (Phi) is 4.75. The van der Waals surface area contributed by atoms with Crippen LogP contribution in [0.25, 0.3) is 26.8 Å². The number of allylic oxidation sites excluding steroid dienone is 1. The highest BCUT2D eigenvalue weighted by Crippen LogP contribution is 2.30. The van der Waals surface area contributed by atoms with Crippen molar-refractivity contribution in [1.29, 1.82) is 5.26 Å². The van der Waals surface area contributed by atoms with Gasteiger partial charge in [-0.2, -0.15) is 5.26 Å². The summed E-state index contributed by atoms with van der Waals surface area (Å²) in [6, 6.07) is 17.4. The van der Waals surface area contributed by atoms with E-state index < -0.39 is 0 Å². The molecule has 2 heterocycles. The zero-order valence-corrected chi connectivity index (χ0v) is 16.0. The third-order valence-corrected chi connectivity index (χ3v) is 6.09. The minimum atomic E-state index is -0.00378. The van der Waals surface area contributed by atoms with Crippen LogP contribution >= 0.6 is 23.1 Å². The van der Waals surface area contributed by atoms with Gasteiger partial charge < -0.3 is 5.11 Å². The maximum absolute atomic E-state index is 10.5. The number of hydrogen-bond acceptors (Lipinski definition) is 7. The summed E-state index contributed by atoms with van der Waals surface area (Å²) in [5.74, 6) is 0.225. The van der Waals surface area contributed by atoms with Crippen LogP contribution in [0.15, 0.2) is 59.3 Å². The molecule has 0 radical (unpaired) electrons. The van der Waals surface area contributed by atoms with Crippen LogP contribution in [0.3, 0.4) is 0 Å². The van der Waals surface area contributed by atoms with Crippen LogP contribution in [-0.4, -0.2) is 25.8 Å². The van der Waals surface area contributed by atoms with Crippen LogP contribution in [0.1, 0.15) is 10.7 Å². The molecule has 2 aromatic heterocycles. The summed E-state index contributed by atoms with van der Waals surface area (Å²) in [6.45, 7) is 1.89. The van der Waals surface area contributed by atoms with Gasteiger partial charge in [0.25, 0.3) is 0 Å². The number of nitrogens with zero attached hydrogens (tertiary/aromatic N) is 4. The summed E-state index contributed by atoms with van der Waals surface area (Å²) in [5, 5.41) is 21.3. The molecule has 0 aliphatic carbocycles. The lowest BCUT2D eigenvalue weighted by molar-refractivity contribution is 0.421. The maximum Gasteiger partial charge on any atom is 0.138 e. The first-order valence-electron chi connectivity index (χ1n) is 8.20. The Morgan fingerprint density at radius 2 is 1.70 bits per heavy atom. The van der Waals surface area contributed by atoms with Crippen molar-refractivity contribution in [3.63, 3.8) is 0 Å². The van der Waals surface area contributed by atoms with Crippen molar-refractivity contribution in [2.45, 2.75) is 11.9 Å². The minimum Gasteiger partial charge on any atom is -0.510 e. The number of aliphatic hydroxyl groups excluding tert-OH is 1. The molecular formula is C20H14N4OS2. The number of aliphatic hydroxyl groups is 1. The van der Waals surface area contributed by atoms with Gasteiger partial charge in [0.1, 0.15) is 27.4 Å². The summed E-state index contributed by atoms with van der Waals surface area (Å²) in [7, 11) is 0. The smallest absolute Gasteiger partial charge is 0.138 e. The van der Waals surface area contributed by atoms with Crippen LogP contribution in [0.4, 0.5) is 0 Å². The molecule has 0 aliphatic rings. The van der Waals surface area contributed by atoms with Crippen LogP contribution < -0.4 is 0 Å². The number of aromatic nitrogens is 3. The van der Waals surface area contributed by atoms with Crippen LogP contribution in [0.2, 0.25) is 0 Å². The second kappa shape index (κ2) is 7.35. The molecule has 5 nitrogen and oxygen atoms in total. The van der Waals surface area contributed by atoms with E-state index in [-0.39, 0.29) is 17.1 Å². The maximum atomic E-state index is 10.5. The lowest BCUT2D eigenvalue weighted by Gasteiger charge is -2.06. The van der Waals surface area contributed by atoms with E-state index in [1.54, 1.807) is 0 Å². The van der Waals surface area contributed by atoms with Gasteiger partial charge in [0.2, 0.25) is 0 Å². The molecule has 0 fully saturated rings. The SMILES string of the molecule is Cc1nc2ccccc2nc1SC/C(O)=C(\C#N)c1nc2ccccc2s1. The monoisotopic (exact) mass is 390 g/mol. The van der Waals surface area contributed by atoms with Crippen LogP contribution in [-0.2, 0) is 0 Å². The highest BCUT2D eigenvalue weighted by atomic mass is 32.2. The number of thiazole rings is 1. The largest absolute Gasteiger partial charge is 0.510 e. The van der Waals surface area contributed by atoms with Crippen molar-refractivity contribution < 1.29 is 5.11 Å². The highest BCUT2D eigenvalue weighted by molar-refractivity contribution is 7.99. The van der Waals surface area contributed by atoms with Gasteiger partial charge in [0, 0.05) is 0 Å². The van der Waals surface area contributed by atoms with Gasteiger partial charge in [-0.15, -0.1) is 11.3 Å². The molecule has 7 heteroatoms. The Labute approximate surface area is 164 Å². The van der Waals surface area contributed by atoms with E-state index in [1.807, 2.05) is 55.5 Å². The molecule has 0 unspecified atom stereocenters. The number of para-hydroxylation sites is 3. The van der Waals surface area contributed by atoms with E-state index in [0.717, 1.165) is 32.0 Å². The first-order chi connectivity index (χ1) is 13.2. The molecule has 27 heavy (non-hydrogen) atoms. The molecule has 132 valence electrons. The highest BCUT2D eigenvalue weighted by Gasteiger charge is 2.15. The minimum absolute atomic E-state index is 0.00378. The fourth-order valence-corrected chi connectivity index (χ4v) is 4.45. The Morgan fingerprint density at radius 3 is 2.41 bits per heavy atom. The summed E-state index contributed by atoms with van der Waals surface area (Å²) >= 11 is 2.76. The summed E-state index contributed by atoms with van der Waals surface area (Å²) < 4.78 is 0.983. The molecule has 0 saturated heterocycles. The van der Waals surface area contributed by atoms with Crippen LogP contribution in [0, 0.1) is 18.3 Å². The fourth-order valence-electron chi connectivity index (χ4n) is 2.63. The molecule has 0 saturated carbocycles. The Balaban J connectivity index is 1.62. The molecule has 0 spiro atoms. The number of nitriles is 1. The van der Waals surface area contributed by atoms with Gasteiger partial charge >= 0.3 is 0 Å². The predicted molar refractivity (Wildman–Crippen MR) is 110 cm³/mol. The molecule has 0 bridgehead atoms. The lowest BCUT2D eigenvalue weighted by atomic mass is 10.2. The second-order valence-corrected chi connectivity index (χ2v) is 7.81. The molecule has 0 aliphatic heterocycles. The van der Waals surface area contributed by atoms with Crippen molar-refractivity contribution in [1.82, 2.24) is 15.0 Å². The second-order valence-electron chi connectivity index (χ2n) is 5.81. The van der Waals surface area contributed by atoms with Gasteiger partial charge in [-0.3, -0.25) is 0 Å². The van der Waals surface area contributed by atoms with Gasteiger partial charge in [-0.05, 0) is 31.2 Å². The first-order valence-corrected chi connectivity index (χ1v) is 10.0. The Hall–Kier alpha value is -2.95. The number of hydrogen-bond donors (Lipinski definition) is 1. The van der Waals surface area contributed by atoms with Crippen molar-refractivity contribution in [2.75, 3.05) is 5.75 Å². The van der Waals surface area contributed by atoms with Crippen molar-refractivity contribution in [2.24, 2.45) is 0 Å². The van der Waals surface area contributed by atoms with E-state index in [9.17, 15) is 10.4 Å². The summed E-state index contributed by atoms with van der Waals surface area (Å²) in [4.78, 5) is 13.6. The third kappa shape index (κ3) is 3.50. The number of rotatable bonds is 4. The molecule has 4 rings (SSSR count). The van der Waals surface area contributed by atoms with Crippen molar-refractivity contribution in [3.8, 4) is 6.07 Å². The van der Waals surface area contributed by atoms with Gasteiger partial charge in [0.15, 0.2) is 0 Å². The summed E-state index contributed by atoms with van der Waals surface area (Å²) in [6.07, 6.45) is 0. The molecule has 1 N–H and O–H groups in total. The van der Waals surface area contributed by atoms with Crippen molar-refractivity contribution in [3.05, 3.63) is 65.0 Å². The zero-order valence-electron chi connectivity index (χ0n) is 14.4. The van der Waals surface area contributed by atoms with Gasteiger partial charge in [-0.1, -0.05) is 36.0 Å². The van der Waals surface area contributed by atoms with Gasteiger partial charge in [0.05, 0.1) is 32.7 Å². The summed E-state index contributed by atoms with van der Waals surface area (Å²) in [5.41, 5.74) is 3.47. The van der Waals surface area contributed by atoms with E-state index in [2.05, 4.69) is 21.0 Å². The quantitative estimate of drug-likeness (QED) is 0.295. The zero-order chi connectivity index (χ0) is 18.8. The number of thioether (sulfide) groups is 1. The normalized spacial score (nSPS) is 12.1. The van der Waals surface area contributed by atoms with E-state index in [1.165, 1.54) is 23.1 Å². The molecule has 2 aromatic carbocycles. The topological polar surface area (TPSA) is 82.7 Å². The molecule has 4 aromatic rings. The number of fused-ring (bicyclic) bond motifs is 2. The van der Waals surface area contributed by atoms with E-state index >= 15 is 0 Å². The van der Waals surface area contributed by atoms with Gasteiger partial charge in [-0.25, -0.2) is 15.0 Å². The van der Waals surface area contributed by atoms with Crippen molar-refractivity contribution >= 4 is 49.9 Å². The number of benzene rings is 2. The number of aryl methyl sites for hydroxylation is 1. The lowest BCUT2D eigenvalue weighted by Crippen LogP contribution is -1.97. The Morgan fingerprint density at radius 1 is 1.04 bits per heavy atom. The predicted octanol–water partition coefficient (Wildman–Crippen LogP) is 5.13. The first kappa shape index (κ1) is 17.5. The third-order valence-electron chi connectivity index (χ3n) is 3.96. The van der Waals surface area contributed by atoms with E-state index in [0.29, 0.717) is 5.01 Å². The molecule has 0 amide bonds. The Bertz CT molecular complexity index is 1190. The fraction of sp³-hybridized carbons (Fsp3) is 0.100. The standard InChI is InChI=1S/C20H14N4OS2/c1-12-19(23-15-7-3-2-6-14(15)22-12)26-11-17(25)13(10-21)20-24-16-8-4-5-9-18(16)27-20/h2-9,25H,11H2,1H3/b17-13-. The average molecular weight is 390 g/mol.